The number of hydrogen-bond acceptors (Lipinski definition) is 2. The summed E-state index contributed by atoms with van der Waals surface area (Å²) in [4.78, 5) is 17.3. The Kier molecular flexibility index (Phi) is 6.72. The molecule has 0 aliphatic carbocycles. The van der Waals surface area contributed by atoms with Gasteiger partial charge in [0.1, 0.15) is 0 Å². The van der Waals surface area contributed by atoms with Crippen molar-refractivity contribution in [1.82, 2.24) is 9.88 Å². The molecule has 0 aliphatic heterocycles. The molecule has 1 aromatic rings. The summed E-state index contributed by atoms with van der Waals surface area (Å²) in [5, 5.41) is 0. The fourth-order valence-electron chi connectivity index (χ4n) is 1.90. The molecular weight excluding hydrogens is 274 g/mol. The molecule has 0 unspecified atom stereocenters. The van der Waals surface area contributed by atoms with Crippen molar-refractivity contribution in [2.45, 2.75) is 40.5 Å². The molecule has 1 heterocycles. The maximum atomic E-state index is 13.7. The Bertz CT molecular complexity index is 463. The molecule has 0 fully saturated rings. The predicted octanol–water partition coefficient (Wildman–Crippen LogP) is 3.89. The van der Waals surface area contributed by atoms with Crippen LogP contribution in [0.25, 0.3) is 0 Å². The summed E-state index contributed by atoms with van der Waals surface area (Å²) in [6, 6.07) is 1.23. The van der Waals surface area contributed by atoms with Gasteiger partial charge in [-0.15, -0.1) is 0 Å². The highest BCUT2D eigenvalue weighted by Gasteiger charge is 2.22. The molecule has 0 saturated heterocycles. The van der Waals surface area contributed by atoms with Gasteiger partial charge in [0.25, 0.3) is 5.91 Å². The Hall–Kier alpha value is -1.52. The second-order valence-corrected chi connectivity index (χ2v) is 6.12. The van der Waals surface area contributed by atoms with Crippen LogP contribution in [0.1, 0.15) is 50.9 Å². The molecule has 0 aliphatic rings. The van der Waals surface area contributed by atoms with Crippen LogP contribution < -0.4 is 0 Å². The zero-order valence-corrected chi connectivity index (χ0v) is 13.2. The number of nitrogens with zero attached hydrogens (tertiary/aromatic N) is 2. The zero-order valence-electron chi connectivity index (χ0n) is 13.2. The molecule has 0 atom stereocenters. The first-order valence-electron chi connectivity index (χ1n) is 7.42. The van der Waals surface area contributed by atoms with Crippen molar-refractivity contribution < 1.29 is 13.6 Å². The lowest BCUT2D eigenvalue weighted by Crippen LogP contribution is -2.35. The number of rotatable bonds is 7. The monoisotopic (exact) mass is 298 g/mol. The van der Waals surface area contributed by atoms with E-state index in [4.69, 9.17) is 0 Å². The van der Waals surface area contributed by atoms with Gasteiger partial charge in [0.05, 0.1) is 5.56 Å². The smallest absolute Gasteiger partial charge is 0.257 e. The number of amides is 1. The third-order valence-corrected chi connectivity index (χ3v) is 3.32. The second-order valence-electron chi connectivity index (χ2n) is 6.12. The van der Waals surface area contributed by atoms with Crippen molar-refractivity contribution in [3.05, 3.63) is 29.6 Å². The lowest BCUT2D eigenvalue weighted by Gasteiger charge is -2.24. The van der Waals surface area contributed by atoms with Crippen molar-refractivity contribution in [1.29, 1.82) is 0 Å². The maximum absolute atomic E-state index is 13.7. The van der Waals surface area contributed by atoms with Crippen LogP contribution in [-0.2, 0) is 0 Å². The lowest BCUT2D eigenvalue weighted by molar-refractivity contribution is 0.0734. The fraction of sp³-hybridized carbons (Fsp3) is 0.625. The van der Waals surface area contributed by atoms with Crippen LogP contribution in [-0.4, -0.2) is 28.9 Å². The Morgan fingerprint density at radius 3 is 2.14 bits per heavy atom. The maximum Gasteiger partial charge on any atom is 0.257 e. The van der Waals surface area contributed by atoms with Gasteiger partial charge in [0.2, 0.25) is 5.95 Å². The van der Waals surface area contributed by atoms with E-state index >= 15 is 0 Å². The van der Waals surface area contributed by atoms with E-state index in [9.17, 15) is 13.6 Å². The molecule has 0 N–H and O–H groups in total. The molecule has 1 rings (SSSR count). The Morgan fingerprint density at radius 1 is 1.14 bits per heavy atom. The Balaban J connectivity index is 2.89. The number of pyridine rings is 1. The first-order chi connectivity index (χ1) is 9.82. The molecule has 21 heavy (non-hydrogen) atoms. The summed E-state index contributed by atoms with van der Waals surface area (Å²) < 4.78 is 26.9. The molecule has 5 heteroatoms. The first kappa shape index (κ1) is 17.5. The van der Waals surface area contributed by atoms with Crippen LogP contribution in [0, 0.1) is 23.6 Å². The quantitative estimate of drug-likeness (QED) is 0.715. The first-order valence-corrected chi connectivity index (χ1v) is 7.42. The van der Waals surface area contributed by atoms with Crippen LogP contribution in [0.2, 0.25) is 0 Å². The zero-order chi connectivity index (χ0) is 16.0. The largest absolute Gasteiger partial charge is 0.339 e. The third kappa shape index (κ3) is 5.40. The molecular formula is C16H24F2N2O. The summed E-state index contributed by atoms with van der Waals surface area (Å²) >= 11 is 0. The summed E-state index contributed by atoms with van der Waals surface area (Å²) in [6.45, 7) is 9.37. The van der Waals surface area contributed by atoms with Gasteiger partial charge in [-0.2, -0.15) is 4.39 Å². The highest BCUT2D eigenvalue weighted by atomic mass is 19.2. The molecule has 0 spiro atoms. The number of carbonyl (C=O) groups is 1. The number of halogens is 2. The lowest BCUT2D eigenvalue weighted by atomic mass is 10.1. The summed E-state index contributed by atoms with van der Waals surface area (Å²) in [7, 11) is 0. The van der Waals surface area contributed by atoms with E-state index < -0.39 is 17.7 Å². The fourth-order valence-corrected chi connectivity index (χ4v) is 1.90. The highest BCUT2D eigenvalue weighted by Crippen LogP contribution is 2.15. The van der Waals surface area contributed by atoms with E-state index in [-0.39, 0.29) is 5.56 Å². The van der Waals surface area contributed by atoms with Crippen molar-refractivity contribution in [3.8, 4) is 0 Å². The predicted molar refractivity (Wildman–Crippen MR) is 79.0 cm³/mol. The van der Waals surface area contributed by atoms with Gasteiger partial charge < -0.3 is 4.90 Å². The summed E-state index contributed by atoms with van der Waals surface area (Å²) in [5.41, 5.74) is -0.241. The summed E-state index contributed by atoms with van der Waals surface area (Å²) in [6.07, 6.45) is 2.78. The van der Waals surface area contributed by atoms with E-state index in [1.807, 2.05) is 0 Å². The molecule has 0 bridgehead atoms. The van der Waals surface area contributed by atoms with Crippen molar-refractivity contribution >= 4 is 5.91 Å². The molecule has 0 saturated carbocycles. The van der Waals surface area contributed by atoms with Crippen LogP contribution >= 0.6 is 0 Å². The van der Waals surface area contributed by atoms with Gasteiger partial charge in [-0.1, -0.05) is 27.7 Å². The average Bonchev–Trinajstić information content (AvgIpc) is 2.40. The Labute approximate surface area is 125 Å². The van der Waals surface area contributed by atoms with Gasteiger partial charge in [0, 0.05) is 19.3 Å². The topological polar surface area (TPSA) is 33.2 Å². The second kappa shape index (κ2) is 8.05. The van der Waals surface area contributed by atoms with Gasteiger partial charge in [0.15, 0.2) is 5.82 Å². The average molecular weight is 298 g/mol. The molecule has 1 amide bonds. The van der Waals surface area contributed by atoms with E-state index in [0.717, 1.165) is 19.0 Å². The SMILES string of the molecule is CC(C)CCN(CCC(C)C)C(=O)c1ccnc(F)c1F. The molecule has 3 nitrogen and oxygen atoms in total. The molecule has 1 aromatic heterocycles. The van der Waals surface area contributed by atoms with Gasteiger partial charge in [-0.3, -0.25) is 4.79 Å². The van der Waals surface area contributed by atoms with Crippen molar-refractivity contribution in [3.63, 3.8) is 0 Å². The van der Waals surface area contributed by atoms with E-state index in [0.29, 0.717) is 24.9 Å². The Morgan fingerprint density at radius 2 is 1.67 bits per heavy atom. The number of hydrogen-bond donors (Lipinski definition) is 0. The van der Waals surface area contributed by atoms with Crippen LogP contribution in [0.15, 0.2) is 12.3 Å². The van der Waals surface area contributed by atoms with Gasteiger partial charge in [-0.05, 0) is 30.7 Å². The molecule has 118 valence electrons. The minimum Gasteiger partial charge on any atom is -0.339 e. The van der Waals surface area contributed by atoms with E-state index in [2.05, 4.69) is 32.7 Å². The van der Waals surface area contributed by atoms with Gasteiger partial charge >= 0.3 is 0 Å². The highest BCUT2D eigenvalue weighted by molar-refractivity contribution is 5.94. The minimum absolute atomic E-state index is 0.241. The molecule has 0 radical (unpaired) electrons. The van der Waals surface area contributed by atoms with Crippen LogP contribution in [0.3, 0.4) is 0 Å². The third-order valence-electron chi connectivity index (χ3n) is 3.32. The number of aromatic nitrogens is 1. The molecule has 0 aromatic carbocycles. The number of carbonyl (C=O) groups excluding carboxylic acids is 1. The van der Waals surface area contributed by atoms with E-state index in [1.54, 1.807) is 4.90 Å². The summed E-state index contributed by atoms with van der Waals surface area (Å²) in [5.74, 6) is -1.97. The minimum atomic E-state index is -1.23. The van der Waals surface area contributed by atoms with Crippen molar-refractivity contribution in [2.24, 2.45) is 11.8 Å². The van der Waals surface area contributed by atoms with E-state index in [1.165, 1.54) is 6.07 Å². The van der Waals surface area contributed by atoms with Crippen molar-refractivity contribution in [2.75, 3.05) is 13.1 Å². The standard InChI is InChI=1S/C16H24F2N2O/c1-11(2)6-9-20(10-7-12(3)4)16(21)13-5-8-19-15(18)14(13)17/h5,8,11-12H,6-7,9-10H2,1-4H3. The van der Waals surface area contributed by atoms with Crippen LogP contribution in [0.5, 0.6) is 0 Å². The normalized spacial score (nSPS) is 11.2. The van der Waals surface area contributed by atoms with Gasteiger partial charge in [-0.25, -0.2) is 9.37 Å². The van der Waals surface area contributed by atoms with Crippen LogP contribution in [0.4, 0.5) is 8.78 Å².